The van der Waals surface area contributed by atoms with Crippen LogP contribution in [-0.4, -0.2) is 216 Å². The fraction of sp³-hybridized carbons (Fsp3) is 0.700. The average molecular weight is 903 g/mol. The zero-order valence-electron chi connectivity index (χ0n) is 38.9. The quantitative estimate of drug-likeness (QED) is 0.271. The van der Waals surface area contributed by atoms with Gasteiger partial charge in [-0.3, -0.25) is 34.2 Å². The molecule has 0 amide bonds. The van der Waals surface area contributed by atoms with E-state index in [4.69, 9.17) is 28.4 Å². The highest BCUT2D eigenvalue weighted by molar-refractivity contribution is 5.98. The highest BCUT2D eigenvalue weighted by Gasteiger charge is 2.45. The average Bonchev–Trinajstić information content (AvgIpc) is 3.34. The number of hydrogen-bond donors (Lipinski definition) is 2. The van der Waals surface area contributed by atoms with Crippen LogP contribution in [0, 0.1) is 11.8 Å². The first-order chi connectivity index (χ1) is 31.8. The molecular formula is C50H74N6O9. The molecule has 2 atom stereocenters. The number of aromatic hydroxyl groups is 2. The summed E-state index contributed by atoms with van der Waals surface area (Å²) >= 11 is 0. The summed E-state index contributed by atoms with van der Waals surface area (Å²) in [5.74, 6) is 0.673. The lowest BCUT2D eigenvalue weighted by atomic mass is 9.61. The number of nitrogens with zero attached hydrogens (tertiary/aromatic N) is 6. The van der Waals surface area contributed by atoms with E-state index in [1.165, 1.54) is 0 Å². The minimum atomic E-state index is -0.680. The van der Waals surface area contributed by atoms with Gasteiger partial charge in [0.25, 0.3) is 0 Å². The Labute approximate surface area is 386 Å². The number of Topliss-reactive ketones (excluding diaryl/α,β-unsaturated/α-hetero) is 1. The standard InChI is InChI=1S/C50H74N6O9/c1-50(44-26-38(32-51-2-14-60-15-3-51)47(57)39(27-44)33-52-4-16-61-17-5-52,45-28-40(34-53-6-18-62-19-7-53)48(58)41(29-45)35-54-8-20-63-21-9-54)46-30-42(36-55-10-22-64-23-11-55)49(59)43(31-46)37-56-12-24-65-25-13-56/h26-30,43,46,57-58H,2-25,31-37H2,1H3. The smallest absolute Gasteiger partial charge is 0.164 e. The molecule has 2 aromatic rings. The van der Waals surface area contributed by atoms with Crippen molar-refractivity contribution in [1.29, 1.82) is 0 Å². The summed E-state index contributed by atoms with van der Waals surface area (Å²) in [5.41, 5.74) is 6.09. The van der Waals surface area contributed by atoms with Crippen LogP contribution in [0.1, 0.15) is 46.7 Å². The van der Waals surface area contributed by atoms with Crippen molar-refractivity contribution in [3.05, 3.63) is 69.3 Å². The number of rotatable bonds is 15. The number of phenols is 2. The summed E-state index contributed by atoms with van der Waals surface area (Å²) in [5, 5.41) is 24.7. The lowest BCUT2D eigenvalue weighted by Crippen LogP contribution is -2.47. The lowest BCUT2D eigenvalue weighted by Gasteiger charge is -2.44. The molecule has 9 rings (SSSR count). The molecule has 6 aliphatic heterocycles. The number of allylic oxidation sites excluding steroid dienone is 1. The zero-order chi connectivity index (χ0) is 44.6. The number of phenolic OH excluding ortho intramolecular Hbond substituents is 2. The van der Waals surface area contributed by atoms with Crippen LogP contribution in [-0.2, 0) is 64.8 Å². The second-order valence-corrected chi connectivity index (χ2v) is 19.4. The van der Waals surface area contributed by atoms with Gasteiger partial charge in [-0.15, -0.1) is 0 Å². The second kappa shape index (κ2) is 22.4. The number of carbonyl (C=O) groups excluding carboxylic acids is 1. The van der Waals surface area contributed by atoms with E-state index < -0.39 is 5.41 Å². The third-order valence-corrected chi connectivity index (χ3v) is 15.2. The van der Waals surface area contributed by atoms with Crippen molar-refractivity contribution >= 4 is 5.78 Å². The molecule has 6 heterocycles. The maximum atomic E-state index is 14.9. The van der Waals surface area contributed by atoms with Gasteiger partial charge in [-0.1, -0.05) is 13.0 Å². The Hall–Kier alpha value is -3.03. The molecule has 7 aliphatic rings. The Morgan fingerprint density at radius 2 is 0.769 bits per heavy atom. The number of ketones is 1. The summed E-state index contributed by atoms with van der Waals surface area (Å²) in [6.45, 7) is 23.7. The van der Waals surface area contributed by atoms with Crippen LogP contribution in [0.5, 0.6) is 11.5 Å². The third-order valence-electron chi connectivity index (χ3n) is 15.2. The Balaban J connectivity index is 1.21. The van der Waals surface area contributed by atoms with Crippen molar-refractivity contribution in [2.45, 2.75) is 44.9 Å². The number of morpholine rings is 6. The fourth-order valence-electron chi connectivity index (χ4n) is 11.1. The van der Waals surface area contributed by atoms with Crippen molar-refractivity contribution in [2.75, 3.05) is 171 Å². The van der Waals surface area contributed by atoms with Crippen molar-refractivity contribution in [1.82, 2.24) is 29.4 Å². The van der Waals surface area contributed by atoms with Crippen molar-refractivity contribution in [2.24, 2.45) is 11.8 Å². The van der Waals surface area contributed by atoms with Crippen LogP contribution in [0.2, 0.25) is 0 Å². The van der Waals surface area contributed by atoms with E-state index in [0.29, 0.717) is 136 Å². The molecule has 15 heteroatoms. The molecule has 0 radical (unpaired) electrons. The minimum Gasteiger partial charge on any atom is -0.507 e. The van der Waals surface area contributed by atoms with Crippen molar-refractivity contribution < 1.29 is 43.4 Å². The van der Waals surface area contributed by atoms with E-state index >= 15 is 0 Å². The van der Waals surface area contributed by atoms with Crippen molar-refractivity contribution in [3.63, 3.8) is 0 Å². The summed E-state index contributed by atoms with van der Waals surface area (Å²) in [7, 11) is 0. The molecule has 0 bridgehead atoms. The highest BCUT2D eigenvalue weighted by Crippen LogP contribution is 2.49. The van der Waals surface area contributed by atoms with Gasteiger partial charge in [-0.05, 0) is 47.7 Å². The van der Waals surface area contributed by atoms with Crippen LogP contribution in [0.4, 0.5) is 0 Å². The van der Waals surface area contributed by atoms with E-state index in [1.54, 1.807) is 0 Å². The highest BCUT2D eigenvalue weighted by atomic mass is 16.5. The van der Waals surface area contributed by atoms with Gasteiger partial charge in [0.1, 0.15) is 11.5 Å². The molecule has 2 unspecified atom stereocenters. The van der Waals surface area contributed by atoms with E-state index in [2.05, 4.69) is 66.7 Å². The van der Waals surface area contributed by atoms with Crippen LogP contribution in [0.3, 0.4) is 0 Å². The van der Waals surface area contributed by atoms with Gasteiger partial charge in [0, 0.05) is 157 Å². The van der Waals surface area contributed by atoms with Gasteiger partial charge in [-0.25, -0.2) is 0 Å². The Morgan fingerprint density at radius 3 is 1.09 bits per heavy atom. The maximum absolute atomic E-state index is 14.9. The van der Waals surface area contributed by atoms with E-state index in [0.717, 1.165) is 117 Å². The molecule has 65 heavy (non-hydrogen) atoms. The van der Waals surface area contributed by atoms with Crippen LogP contribution in [0.15, 0.2) is 35.9 Å². The number of carbonyl (C=O) groups is 1. The molecule has 2 N–H and O–H groups in total. The molecule has 0 saturated carbocycles. The molecule has 15 nitrogen and oxygen atoms in total. The van der Waals surface area contributed by atoms with Gasteiger partial charge in [0.05, 0.1) is 79.3 Å². The summed E-state index contributed by atoms with van der Waals surface area (Å²) in [6.07, 6.45) is 3.01. The predicted octanol–water partition coefficient (Wildman–Crippen LogP) is 2.53. The summed E-state index contributed by atoms with van der Waals surface area (Å²) in [6, 6.07) is 9.08. The molecule has 1 aliphatic carbocycles. The van der Waals surface area contributed by atoms with Crippen LogP contribution >= 0.6 is 0 Å². The van der Waals surface area contributed by atoms with Gasteiger partial charge >= 0.3 is 0 Å². The van der Waals surface area contributed by atoms with Gasteiger partial charge in [-0.2, -0.15) is 0 Å². The first-order valence-electron chi connectivity index (χ1n) is 24.6. The summed E-state index contributed by atoms with van der Waals surface area (Å²) < 4.78 is 34.6. The monoisotopic (exact) mass is 903 g/mol. The number of hydrogen-bond acceptors (Lipinski definition) is 15. The summed E-state index contributed by atoms with van der Waals surface area (Å²) in [4.78, 5) is 29.2. The zero-order valence-corrected chi connectivity index (χ0v) is 38.9. The SMILES string of the molecule is CC(c1cc(CN2CCOCC2)c(O)c(CN2CCOCC2)c1)(c1cc(CN2CCOCC2)c(O)c(CN2CCOCC2)c1)C1C=C(CN2CCOCC2)C(=O)C(CN2CCOCC2)C1. The lowest BCUT2D eigenvalue weighted by molar-refractivity contribution is -0.122. The van der Waals surface area contributed by atoms with Crippen LogP contribution in [0.25, 0.3) is 0 Å². The van der Waals surface area contributed by atoms with E-state index in [9.17, 15) is 15.0 Å². The third kappa shape index (κ3) is 11.6. The van der Waals surface area contributed by atoms with E-state index in [-0.39, 0.29) is 17.6 Å². The van der Waals surface area contributed by atoms with Gasteiger partial charge < -0.3 is 38.6 Å². The Kier molecular flexibility index (Phi) is 16.2. The minimum absolute atomic E-state index is 0.0867. The number of benzene rings is 2. The molecule has 6 fully saturated rings. The van der Waals surface area contributed by atoms with Crippen molar-refractivity contribution in [3.8, 4) is 11.5 Å². The molecule has 6 saturated heterocycles. The van der Waals surface area contributed by atoms with E-state index in [1.807, 2.05) is 0 Å². The molecule has 358 valence electrons. The predicted molar refractivity (Wildman–Crippen MR) is 246 cm³/mol. The van der Waals surface area contributed by atoms with Crippen LogP contribution < -0.4 is 0 Å². The fourth-order valence-corrected chi connectivity index (χ4v) is 11.1. The normalized spacial score (nSPS) is 25.8. The largest absolute Gasteiger partial charge is 0.507 e. The Bertz CT molecular complexity index is 1740. The molecule has 0 aromatic heterocycles. The molecule has 2 aromatic carbocycles. The first kappa shape index (κ1) is 47.1. The molecular weight excluding hydrogens is 829 g/mol. The Morgan fingerprint density at radius 1 is 0.477 bits per heavy atom. The second-order valence-electron chi connectivity index (χ2n) is 19.4. The van der Waals surface area contributed by atoms with Gasteiger partial charge in [0.15, 0.2) is 5.78 Å². The maximum Gasteiger partial charge on any atom is 0.164 e. The van der Waals surface area contributed by atoms with Gasteiger partial charge in [0.2, 0.25) is 0 Å². The molecule has 0 spiro atoms. The first-order valence-corrected chi connectivity index (χ1v) is 24.6. The number of ether oxygens (including phenoxy) is 6. The topological polar surface area (TPSA) is 132 Å².